The molecule has 0 aliphatic carbocycles. The van der Waals surface area contributed by atoms with Gasteiger partial charge in [-0.15, -0.1) is 0 Å². The van der Waals surface area contributed by atoms with Gasteiger partial charge in [-0.2, -0.15) is 0 Å². The van der Waals surface area contributed by atoms with Crippen LogP contribution in [0.4, 0.5) is 4.39 Å². The maximum Gasteiger partial charge on any atom is 0.240 e. The Hall–Kier alpha value is -2.17. The lowest BCUT2D eigenvalue weighted by Crippen LogP contribution is -2.32. The van der Waals surface area contributed by atoms with Gasteiger partial charge in [-0.05, 0) is 30.3 Å². The Bertz CT molecular complexity index is 985. The number of ether oxygens (including phenoxy) is 2. The lowest BCUT2D eigenvalue weighted by atomic mass is 10.2. The van der Waals surface area contributed by atoms with Crippen LogP contribution in [0, 0.1) is 5.82 Å². The molecule has 29 heavy (non-hydrogen) atoms. The maximum absolute atomic E-state index is 13.8. The lowest BCUT2D eigenvalue weighted by Gasteiger charge is -2.18. The zero-order valence-electron chi connectivity index (χ0n) is 16.2. The van der Waals surface area contributed by atoms with Gasteiger partial charge in [0.05, 0.1) is 19.1 Å². The van der Waals surface area contributed by atoms with Crippen molar-refractivity contribution in [3.05, 3.63) is 52.3 Å². The van der Waals surface area contributed by atoms with E-state index in [9.17, 15) is 17.6 Å². The second-order valence-corrected chi connectivity index (χ2v) is 8.83. The molecule has 0 radical (unpaired) electrons. The minimum absolute atomic E-state index is 0.00726. The molecule has 158 valence electrons. The van der Waals surface area contributed by atoms with E-state index in [0.717, 1.165) is 0 Å². The Labute approximate surface area is 178 Å². The Morgan fingerprint density at radius 1 is 1.14 bits per heavy atom. The summed E-state index contributed by atoms with van der Waals surface area (Å²) in [5.41, 5.74) is 0.362. The van der Waals surface area contributed by atoms with Gasteiger partial charge in [0.25, 0.3) is 0 Å². The van der Waals surface area contributed by atoms with Crippen LogP contribution in [0.25, 0.3) is 0 Å². The molecule has 0 bridgehead atoms. The smallest absolute Gasteiger partial charge is 0.240 e. The van der Waals surface area contributed by atoms with Gasteiger partial charge in [-0.1, -0.05) is 15.9 Å². The minimum atomic E-state index is -3.83. The summed E-state index contributed by atoms with van der Waals surface area (Å²) in [5, 5.41) is 0. The number of carbonyl (C=O) groups is 1. The Kier molecular flexibility index (Phi) is 8.00. The van der Waals surface area contributed by atoms with E-state index >= 15 is 0 Å². The van der Waals surface area contributed by atoms with Crippen molar-refractivity contribution in [2.45, 2.75) is 17.9 Å². The lowest BCUT2D eigenvalue weighted by molar-refractivity contribution is -0.130. The third kappa shape index (κ3) is 6.15. The summed E-state index contributed by atoms with van der Waals surface area (Å²) in [4.78, 5) is 13.6. The van der Waals surface area contributed by atoms with Crippen molar-refractivity contribution >= 4 is 31.9 Å². The summed E-state index contributed by atoms with van der Waals surface area (Å²) >= 11 is 3.26. The van der Waals surface area contributed by atoms with Crippen molar-refractivity contribution in [2.24, 2.45) is 0 Å². The number of sulfonamides is 1. The quantitative estimate of drug-likeness (QED) is 0.586. The van der Waals surface area contributed by atoms with E-state index in [4.69, 9.17) is 9.47 Å². The van der Waals surface area contributed by atoms with Crippen LogP contribution in [0.2, 0.25) is 0 Å². The molecule has 2 aromatic rings. The first kappa shape index (κ1) is 23.1. The molecule has 0 aliphatic heterocycles. The number of nitrogens with one attached hydrogen (secondary N) is 1. The molecule has 7 nitrogen and oxygen atoms in total. The van der Waals surface area contributed by atoms with Crippen LogP contribution >= 0.6 is 15.9 Å². The second-order valence-electron chi connectivity index (χ2n) is 6.15. The van der Waals surface area contributed by atoms with Crippen molar-refractivity contribution < 1.29 is 27.1 Å². The van der Waals surface area contributed by atoms with Crippen LogP contribution in [-0.2, 0) is 21.4 Å². The highest BCUT2D eigenvalue weighted by Crippen LogP contribution is 2.29. The maximum atomic E-state index is 13.8. The predicted molar refractivity (Wildman–Crippen MR) is 110 cm³/mol. The zero-order valence-corrected chi connectivity index (χ0v) is 18.6. The van der Waals surface area contributed by atoms with Gasteiger partial charge in [-0.25, -0.2) is 17.5 Å². The molecule has 0 atom stereocenters. The summed E-state index contributed by atoms with van der Waals surface area (Å²) in [5.74, 6) is -0.0494. The Morgan fingerprint density at radius 3 is 2.48 bits per heavy atom. The number of amides is 1. The van der Waals surface area contributed by atoms with Gasteiger partial charge in [0.1, 0.15) is 5.82 Å². The van der Waals surface area contributed by atoms with E-state index in [1.807, 2.05) is 0 Å². The number of halogens is 2. The van der Waals surface area contributed by atoms with Crippen LogP contribution in [0.15, 0.2) is 45.8 Å². The number of benzene rings is 2. The van der Waals surface area contributed by atoms with Gasteiger partial charge >= 0.3 is 0 Å². The van der Waals surface area contributed by atoms with E-state index in [2.05, 4.69) is 20.7 Å². The third-order valence-electron chi connectivity index (χ3n) is 4.14. The third-order valence-corrected chi connectivity index (χ3v) is 6.09. The standard InChI is InChI=1S/C19H22BrFN2O5S/c1-23(12-13-10-14(20)4-6-16(13)21)19(24)8-9-22-29(25,26)15-5-7-17(27-2)18(11-15)28-3/h4-7,10-11,22H,8-9,12H2,1-3H3. The number of hydrogen-bond acceptors (Lipinski definition) is 5. The van der Waals surface area contributed by atoms with Crippen LogP contribution in [0.3, 0.4) is 0 Å². The molecule has 0 saturated carbocycles. The fraction of sp³-hybridized carbons (Fsp3) is 0.316. The molecular weight excluding hydrogens is 467 g/mol. The fourth-order valence-corrected chi connectivity index (χ4v) is 4.01. The molecule has 2 aromatic carbocycles. The van der Waals surface area contributed by atoms with Crippen molar-refractivity contribution in [1.82, 2.24) is 9.62 Å². The highest BCUT2D eigenvalue weighted by molar-refractivity contribution is 9.10. The number of hydrogen-bond donors (Lipinski definition) is 1. The van der Waals surface area contributed by atoms with Crippen molar-refractivity contribution in [3.63, 3.8) is 0 Å². The average molecular weight is 489 g/mol. The normalized spacial score (nSPS) is 11.2. The highest BCUT2D eigenvalue weighted by Gasteiger charge is 2.18. The van der Waals surface area contributed by atoms with E-state index in [-0.39, 0.29) is 36.1 Å². The van der Waals surface area contributed by atoms with Crippen LogP contribution in [0.1, 0.15) is 12.0 Å². The first-order valence-corrected chi connectivity index (χ1v) is 10.8. The molecule has 10 heteroatoms. The fourth-order valence-electron chi connectivity index (χ4n) is 2.56. The SMILES string of the molecule is COc1ccc(S(=O)(=O)NCCC(=O)N(C)Cc2cc(Br)ccc2F)cc1OC. The summed E-state index contributed by atoms with van der Waals surface area (Å²) in [6, 6.07) is 8.69. The summed E-state index contributed by atoms with van der Waals surface area (Å²) in [6.45, 7) is -0.0205. The van der Waals surface area contributed by atoms with Crippen molar-refractivity contribution in [1.29, 1.82) is 0 Å². The topological polar surface area (TPSA) is 84.9 Å². The van der Waals surface area contributed by atoms with E-state index in [1.165, 1.54) is 50.4 Å². The predicted octanol–water partition coefficient (Wildman–Crippen LogP) is 2.93. The molecule has 2 rings (SSSR count). The van der Waals surface area contributed by atoms with E-state index < -0.39 is 15.8 Å². The first-order valence-electron chi connectivity index (χ1n) is 8.57. The monoisotopic (exact) mass is 488 g/mol. The molecule has 0 saturated heterocycles. The number of carbonyl (C=O) groups excluding carboxylic acids is 1. The molecule has 1 amide bonds. The van der Waals surface area contributed by atoms with Gasteiger partial charge in [0, 0.05) is 42.7 Å². The molecule has 0 spiro atoms. The first-order chi connectivity index (χ1) is 13.7. The van der Waals surface area contributed by atoms with Gasteiger partial charge in [0.15, 0.2) is 11.5 Å². The van der Waals surface area contributed by atoms with Gasteiger partial charge < -0.3 is 14.4 Å². The molecule has 0 aromatic heterocycles. The summed E-state index contributed by atoms with van der Waals surface area (Å²) < 4.78 is 52.0. The molecule has 1 N–H and O–H groups in total. The number of nitrogens with zero attached hydrogens (tertiary/aromatic N) is 1. The molecule has 0 heterocycles. The minimum Gasteiger partial charge on any atom is -0.493 e. The molecule has 0 fully saturated rings. The highest BCUT2D eigenvalue weighted by atomic mass is 79.9. The molecule has 0 unspecified atom stereocenters. The zero-order chi connectivity index (χ0) is 21.6. The van der Waals surface area contributed by atoms with Crippen LogP contribution in [0.5, 0.6) is 11.5 Å². The Morgan fingerprint density at radius 2 is 1.83 bits per heavy atom. The largest absolute Gasteiger partial charge is 0.493 e. The van der Waals surface area contributed by atoms with E-state index in [1.54, 1.807) is 12.1 Å². The molecular formula is C19H22BrFN2O5S. The summed E-state index contributed by atoms with van der Waals surface area (Å²) in [7, 11) is 0.558. The van der Waals surface area contributed by atoms with Crippen LogP contribution < -0.4 is 14.2 Å². The van der Waals surface area contributed by atoms with Crippen molar-refractivity contribution in [2.75, 3.05) is 27.8 Å². The van der Waals surface area contributed by atoms with Gasteiger partial charge in [0.2, 0.25) is 15.9 Å². The molecule has 0 aliphatic rings. The number of rotatable bonds is 9. The second kappa shape index (κ2) is 10.0. The Balaban J connectivity index is 1.95. The van der Waals surface area contributed by atoms with Gasteiger partial charge in [-0.3, -0.25) is 4.79 Å². The van der Waals surface area contributed by atoms with Crippen LogP contribution in [-0.4, -0.2) is 47.0 Å². The summed E-state index contributed by atoms with van der Waals surface area (Å²) in [6.07, 6.45) is -0.0708. The van der Waals surface area contributed by atoms with E-state index in [0.29, 0.717) is 15.8 Å². The number of methoxy groups -OCH3 is 2. The van der Waals surface area contributed by atoms with Crippen molar-refractivity contribution in [3.8, 4) is 11.5 Å². The average Bonchev–Trinajstić information content (AvgIpc) is 2.69.